The van der Waals surface area contributed by atoms with E-state index in [1.807, 2.05) is 0 Å². The molecule has 1 fully saturated rings. The second-order valence-electron chi connectivity index (χ2n) is 4.36. The number of hydrogen-bond donors (Lipinski definition) is 1. The van der Waals surface area contributed by atoms with Gasteiger partial charge in [0, 0.05) is 43.8 Å². The fourth-order valence-corrected chi connectivity index (χ4v) is 2.57. The molecule has 0 bridgehead atoms. The summed E-state index contributed by atoms with van der Waals surface area (Å²) in [6.07, 6.45) is 1.19. The van der Waals surface area contributed by atoms with Gasteiger partial charge in [-0.3, -0.25) is 4.90 Å². The van der Waals surface area contributed by atoms with Gasteiger partial charge in [-0.15, -0.1) is 5.10 Å². The molecule has 16 heavy (non-hydrogen) atoms. The van der Waals surface area contributed by atoms with Crippen molar-refractivity contribution in [1.82, 2.24) is 19.4 Å². The van der Waals surface area contributed by atoms with Crippen LogP contribution < -0.4 is 5.73 Å². The van der Waals surface area contributed by atoms with Crippen LogP contribution in [0.5, 0.6) is 0 Å². The van der Waals surface area contributed by atoms with Crippen LogP contribution in [0, 0.1) is 0 Å². The van der Waals surface area contributed by atoms with Crippen LogP contribution in [0.15, 0.2) is 0 Å². The quantitative estimate of drug-likeness (QED) is 0.842. The molecule has 90 valence electrons. The number of rotatable bonds is 3. The van der Waals surface area contributed by atoms with Gasteiger partial charge < -0.3 is 10.6 Å². The molecule has 1 aromatic heterocycles. The van der Waals surface area contributed by atoms with E-state index in [0.717, 1.165) is 36.9 Å². The van der Waals surface area contributed by atoms with Gasteiger partial charge in [-0.25, -0.2) is 0 Å². The third-order valence-corrected chi connectivity index (χ3v) is 3.89. The third-order valence-electron chi connectivity index (χ3n) is 3.29. The molecule has 0 saturated carbocycles. The molecule has 2 N–H and O–H groups in total. The Labute approximate surface area is 100 Å². The summed E-state index contributed by atoms with van der Waals surface area (Å²) in [5.41, 5.74) is 6.74. The molecule has 1 atom stereocenters. The smallest absolute Gasteiger partial charge is 0.132 e. The predicted octanol–water partition coefficient (Wildman–Crippen LogP) is 0.646. The van der Waals surface area contributed by atoms with Crippen molar-refractivity contribution in [3.63, 3.8) is 0 Å². The molecule has 0 spiro atoms. The third kappa shape index (κ3) is 2.50. The molecule has 0 radical (unpaired) electrons. The highest BCUT2D eigenvalue weighted by molar-refractivity contribution is 7.09. The van der Waals surface area contributed by atoms with Gasteiger partial charge in [-0.05, 0) is 13.5 Å². The van der Waals surface area contributed by atoms with Gasteiger partial charge in [0.15, 0.2) is 0 Å². The lowest BCUT2D eigenvalue weighted by Crippen LogP contribution is -2.50. The first-order chi connectivity index (χ1) is 7.70. The van der Waals surface area contributed by atoms with E-state index >= 15 is 0 Å². The van der Waals surface area contributed by atoms with E-state index in [2.05, 4.69) is 33.4 Å². The fourth-order valence-electron chi connectivity index (χ4n) is 2.13. The van der Waals surface area contributed by atoms with Crippen molar-refractivity contribution in [3.05, 3.63) is 5.69 Å². The molecular weight excluding hydrogens is 222 g/mol. The maximum atomic E-state index is 5.81. The summed E-state index contributed by atoms with van der Waals surface area (Å²) in [6.45, 7) is 6.39. The second kappa shape index (κ2) is 5.07. The summed E-state index contributed by atoms with van der Waals surface area (Å²) in [5.74, 6) is 0. The Morgan fingerprint density at radius 1 is 1.50 bits per heavy atom. The Hall–Kier alpha value is -0.720. The van der Waals surface area contributed by atoms with Crippen LogP contribution in [0.2, 0.25) is 0 Å². The molecule has 2 heterocycles. The number of likely N-dealkylation sites (N-methyl/N-ethyl adjacent to an activating group) is 1. The minimum Gasteiger partial charge on any atom is -0.388 e. The van der Waals surface area contributed by atoms with E-state index < -0.39 is 0 Å². The first kappa shape index (κ1) is 11.8. The Bertz CT molecular complexity index is 340. The van der Waals surface area contributed by atoms with E-state index in [0.29, 0.717) is 6.04 Å². The van der Waals surface area contributed by atoms with Gasteiger partial charge in [0.2, 0.25) is 0 Å². The van der Waals surface area contributed by atoms with Gasteiger partial charge in [0.1, 0.15) is 10.7 Å². The van der Waals surface area contributed by atoms with Crippen LogP contribution in [0.1, 0.15) is 19.0 Å². The molecule has 0 aliphatic carbocycles. The first-order valence-electron chi connectivity index (χ1n) is 5.70. The van der Waals surface area contributed by atoms with Gasteiger partial charge >= 0.3 is 0 Å². The zero-order valence-electron chi connectivity index (χ0n) is 9.89. The van der Waals surface area contributed by atoms with Gasteiger partial charge in [0.05, 0.1) is 0 Å². The van der Waals surface area contributed by atoms with Crippen molar-refractivity contribution in [2.24, 2.45) is 0 Å². The molecule has 1 aliphatic rings. The Morgan fingerprint density at radius 2 is 2.31 bits per heavy atom. The SMILES string of the molecule is CCC1CN(Cc2nnsc2N)CCN1C. The lowest BCUT2D eigenvalue weighted by Gasteiger charge is -2.38. The number of nitrogens with two attached hydrogens (primary N) is 1. The van der Waals surface area contributed by atoms with Crippen LogP contribution in [0.3, 0.4) is 0 Å². The molecule has 6 heteroatoms. The van der Waals surface area contributed by atoms with Gasteiger partial charge in [-0.2, -0.15) is 0 Å². The van der Waals surface area contributed by atoms with E-state index in [1.165, 1.54) is 18.0 Å². The number of nitrogens with zero attached hydrogens (tertiary/aromatic N) is 4. The minimum atomic E-state index is 0.654. The van der Waals surface area contributed by atoms with Crippen molar-refractivity contribution in [3.8, 4) is 0 Å². The highest BCUT2D eigenvalue weighted by Crippen LogP contribution is 2.17. The first-order valence-corrected chi connectivity index (χ1v) is 6.47. The molecule has 1 unspecified atom stereocenters. The largest absolute Gasteiger partial charge is 0.388 e. The second-order valence-corrected chi connectivity index (χ2v) is 5.15. The van der Waals surface area contributed by atoms with Crippen LogP contribution in [0.4, 0.5) is 5.00 Å². The lowest BCUT2D eigenvalue weighted by molar-refractivity contribution is 0.0876. The highest BCUT2D eigenvalue weighted by Gasteiger charge is 2.23. The predicted molar refractivity (Wildman–Crippen MR) is 66.3 cm³/mol. The number of hydrogen-bond acceptors (Lipinski definition) is 6. The topological polar surface area (TPSA) is 58.3 Å². The van der Waals surface area contributed by atoms with Gasteiger partial charge in [0.25, 0.3) is 0 Å². The molecule has 2 rings (SSSR count). The number of piperazine rings is 1. The molecule has 1 saturated heterocycles. The normalized spacial score (nSPS) is 23.8. The highest BCUT2D eigenvalue weighted by atomic mass is 32.1. The number of aromatic nitrogens is 2. The molecule has 1 aliphatic heterocycles. The minimum absolute atomic E-state index is 0.654. The summed E-state index contributed by atoms with van der Waals surface area (Å²) in [7, 11) is 2.20. The molecule has 0 aromatic carbocycles. The van der Waals surface area contributed by atoms with Crippen molar-refractivity contribution < 1.29 is 0 Å². The monoisotopic (exact) mass is 241 g/mol. The molecule has 1 aromatic rings. The van der Waals surface area contributed by atoms with Crippen molar-refractivity contribution >= 4 is 16.5 Å². The summed E-state index contributed by atoms with van der Waals surface area (Å²) in [4.78, 5) is 4.85. The van der Waals surface area contributed by atoms with E-state index in [4.69, 9.17) is 5.73 Å². The average molecular weight is 241 g/mol. The van der Waals surface area contributed by atoms with Crippen LogP contribution in [0.25, 0.3) is 0 Å². The zero-order valence-corrected chi connectivity index (χ0v) is 10.7. The van der Waals surface area contributed by atoms with Crippen molar-refractivity contribution in [1.29, 1.82) is 0 Å². The van der Waals surface area contributed by atoms with E-state index in [9.17, 15) is 0 Å². The standard InChI is InChI=1S/C10H19N5S/c1-3-8-6-15(5-4-14(8)2)7-9-10(11)16-13-12-9/h8H,3-7,11H2,1-2H3. The summed E-state index contributed by atoms with van der Waals surface area (Å²) >= 11 is 1.28. The molecule has 0 amide bonds. The van der Waals surface area contributed by atoms with Crippen LogP contribution >= 0.6 is 11.5 Å². The lowest BCUT2D eigenvalue weighted by atomic mass is 10.1. The van der Waals surface area contributed by atoms with Gasteiger partial charge in [-0.1, -0.05) is 11.4 Å². The Kier molecular flexibility index (Phi) is 3.73. The summed E-state index contributed by atoms with van der Waals surface area (Å²) < 4.78 is 3.87. The van der Waals surface area contributed by atoms with Crippen LogP contribution in [-0.4, -0.2) is 52.1 Å². The number of anilines is 1. The fraction of sp³-hybridized carbons (Fsp3) is 0.800. The summed E-state index contributed by atoms with van der Waals surface area (Å²) in [6, 6.07) is 0.654. The van der Waals surface area contributed by atoms with Crippen molar-refractivity contribution in [2.45, 2.75) is 25.9 Å². The zero-order chi connectivity index (χ0) is 11.5. The number of nitrogen functional groups attached to an aromatic ring is 1. The maximum absolute atomic E-state index is 5.81. The van der Waals surface area contributed by atoms with Crippen molar-refractivity contribution in [2.75, 3.05) is 32.4 Å². The Morgan fingerprint density at radius 3 is 2.94 bits per heavy atom. The Balaban J connectivity index is 1.94. The molecule has 5 nitrogen and oxygen atoms in total. The maximum Gasteiger partial charge on any atom is 0.132 e. The average Bonchev–Trinajstić information content (AvgIpc) is 2.67. The summed E-state index contributed by atoms with van der Waals surface area (Å²) in [5, 5.41) is 4.82. The van der Waals surface area contributed by atoms with E-state index in [1.54, 1.807) is 0 Å². The van der Waals surface area contributed by atoms with E-state index in [-0.39, 0.29) is 0 Å². The van der Waals surface area contributed by atoms with Crippen LogP contribution in [-0.2, 0) is 6.54 Å². The molecular formula is C10H19N5S.